The fourth-order valence-electron chi connectivity index (χ4n) is 2.50. The summed E-state index contributed by atoms with van der Waals surface area (Å²) in [6.45, 7) is 4.46. The van der Waals surface area contributed by atoms with Crippen LogP contribution in [0.1, 0.15) is 13.8 Å². The highest BCUT2D eigenvalue weighted by molar-refractivity contribution is 8.50. The summed E-state index contributed by atoms with van der Waals surface area (Å²) in [6.07, 6.45) is 0. The average molecular weight is 569 g/mol. The lowest BCUT2D eigenvalue weighted by Gasteiger charge is -2.07. The molecule has 0 fully saturated rings. The fourth-order valence-corrected chi connectivity index (χ4v) is 17.6. The number of thioether (sulfide) groups is 10. The Bertz CT molecular complexity index is 964. The maximum absolute atomic E-state index is 13.5. The molecule has 1 aromatic carbocycles. The predicted molar refractivity (Wildman–Crippen MR) is 148 cm³/mol. The van der Waals surface area contributed by atoms with Crippen LogP contribution < -0.4 is 0 Å². The summed E-state index contributed by atoms with van der Waals surface area (Å²) in [7, 11) is 0. The van der Waals surface area contributed by atoms with Gasteiger partial charge in [-0.05, 0) is 29.7 Å². The Hall–Kier alpha value is 1.61. The highest BCUT2D eigenvalue weighted by Crippen LogP contribution is 2.72. The standard InChI is InChI=1S/C18H13FS10/c1-3-20-11-12(21-4-2)25-15(24-11)16-28-17-18(29-16)27-14(26-17)13-22-9-6-5-8(19)7-10(9)23-13/h5-7H,3-4H2,1-2H3. The first-order valence-corrected chi connectivity index (χ1v) is 17.1. The van der Waals surface area contributed by atoms with E-state index in [0.717, 1.165) is 16.4 Å². The number of rotatable bonds is 4. The molecule has 0 saturated carbocycles. The third-order valence-corrected chi connectivity index (χ3v) is 18.1. The van der Waals surface area contributed by atoms with E-state index in [0.29, 0.717) is 0 Å². The van der Waals surface area contributed by atoms with E-state index in [9.17, 15) is 4.39 Å². The van der Waals surface area contributed by atoms with E-state index in [-0.39, 0.29) is 5.82 Å². The third kappa shape index (κ3) is 4.80. The number of halogens is 1. The van der Waals surface area contributed by atoms with Crippen molar-refractivity contribution in [3.63, 3.8) is 0 Å². The molecule has 0 aliphatic carbocycles. The Balaban J connectivity index is 1.27. The highest BCUT2D eigenvalue weighted by atomic mass is 32.3. The van der Waals surface area contributed by atoms with E-state index in [1.807, 2.05) is 100 Å². The summed E-state index contributed by atoms with van der Waals surface area (Å²) in [6, 6.07) is 5.10. The van der Waals surface area contributed by atoms with Gasteiger partial charge in [-0.2, -0.15) is 0 Å². The van der Waals surface area contributed by atoms with Crippen molar-refractivity contribution < 1.29 is 4.39 Å². The molecule has 4 aliphatic rings. The van der Waals surface area contributed by atoms with Gasteiger partial charge in [-0.3, -0.25) is 0 Å². The van der Waals surface area contributed by atoms with Crippen molar-refractivity contribution in [3.05, 3.63) is 57.9 Å². The van der Waals surface area contributed by atoms with Crippen LogP contribution in [-0.4, -0.2) is 11.5 Å². The number of benzene rings is 1. The molecular formula is C18H13FS10. The normalized spacial score (nSPS) is 21.2. The Kier molecular flexibility index (Phi) is 7.61. The predicted octanol–water partition coefficient (Wildman–Crippen LogP) is 10.5. The molecule has 0 radical (unpaired) electrons. The lowest BCUT2D eigenvalue weighted by molar-refractivity contribution is 0.622. The van der Waals surface area contributed by atoms with Gasteiger partial charge in [0.2, 0.25) is 0 Å². The molecule has 0 unspecified atom stereocenters. The minimum absolute atomic E-state index is 0.154. The SMILES string of the molecule is CCSC1=C(SCC)SC(=C2SC3=C(S2)SC(=C2Sc4ccc(F)cc4S2)S3)S1. The van der Waals surface area contributed by atoms with Gasteiger partial charge in [0, 0.05) is 9.79 Å². The van der Waals surface area contributed by atoms with Crippen LogP contribution in [0.4, 0.5) is 4.39 Å². The summed E-state index contributed by atoms with van der Waals surface area (Å²) in [4.78, 5) is 2.21. The van der Waals surface area contributed by atoms with Gasteiger partial charge in [-0.1, -0.05) is 108 Å². The van der Waals surface area contributed by atoms with Crippen molar-refractivity contribution >= 4 is 118 Å². The van der Waals surface area contributed by atoms with E-state index in [1.165, 1.54) is 38.8 Å². The first-order chi connectivity index (χ1) is 14.1. The maximum Gasteiger partial charge on any atom is 0.124 e. The zero-order chi connectivity index (χ0) is 20.0. The fraction of sp³-hybridized carbons (Fsp3) is 0.222. The van der Waals surface area contributed by atoms with E-state index >= 15 is 0 Å². The lowest BCUT2D eigenvalue weighted by Crippen LogP contribution is -1.74. The van der Waals surface area contributed by atoms with Gasteiger partial charge in [0.05, 0.1) is 33.9 Å². The van der Waals surface area contributed by atoms with E-state index < -0.39 is 0 Å². The first-order valence-electron chi connectivity index (χ1n) is 8.59. The maximum atomic E-state index is 13.5. The van der Waals surface area contributed by atoms with Crippen LogP contribution >= 0.6 is 118 Å². The Labute approximate surface area is 212 Å². The molecule has 0 saturated heterocycles. The van der Waals surface area contributed by atoms with Crippen LogP contribution in [0.3, 0.4) is 0 Å². The van der Waals surface area contributed by atoms with Gasteiger partial charge in [-0.25, -0.2) is 4.39 Å². The first kappa shape index (κ1) is 22.4. The van der Waals surface area contributed by atoms with Crippen LogP contribution in [0.15, 0.2) is 61.9 Å². The van der Waals surface area contributed by atoms with Crippen molar-refractivity contribution in [3.8, 4) is 0 Å². The molecule has 0 bridgehead atoms. The Morgan fingerprint density at radius 2 is 1.07 bits per heavy atom. The van der Waals surface area contributed by atoms with Crippen molar-refractivity contribution in [2.45, 2.75) is 23.6 Å². The van der Waals surface area contributed by atoms with Gasteiger partial charge < -0.3 is 0 Å². The molecule has 0 aromatic heterocycles. The Morgan fingerprint density at radius 1 is 0.621 bits per heavy atom. The van der Waals surface area contributed by atoms with Crippen LogP contribution in [-0.2, 0) is 0 Å². The second-order valence-electron chi connectivity index (χ2n) is 5.57. The molecule has 11 heteroatoms. The van der Waals surface area contributed by atoms with Crippen molar-refractivity contribution in [2.75, 3.05) is 11.5 Å². The van der Waals surface area contributed by atoms with Crippen LogP contribution in [0.5, 0.6) is 0 Å². The summed E-state index contributed by atoms with van der Waals surface area (Å²) < 4.78 is 24.8. The highest BCUT2D eigenvalue weighted by Gasteiger charge is 2.36. The minimum atomic E-state index is -0.154. The summed E-state index contributed by atoms with van der Waals surface area (Å²) in [5.41, 5.74) is 0. The zero-order valence-corrected chi connectivity index (χ0v) is 23.3. The molecule has 5 rings (SSSR count). The molecule has 0 N–H and O–H groups in total. The van der Waals surface area contributed by atoms with Crippen LogP contribution in [0.2, 0.25) is 0 Å². The second-order valence-corrected chi connectivity index (χ2v) is 18.4. The van der Waals surface area contributed by atoms with E-state index in [2.05, 4.69) is 13.8 Å². The smallest absolute Gasteiger partial charge is 0.124 e. The van der Waals surface area contributed by atoms with Gasteiger partial charge in [0.1, 0.15) is 5.82 Å². The summed E-state index contributed by atoms with van der Waals surface area (Å²) in [5.74, 6) is 2.09. The zero-order valence-electron chi connectivity index (χ0n) is 15.1. The molecule has 1 aromatic rings. The van der Waals surface area contributed by atoms with Crippen LogP contribution in [0.25, 0.3) is 0 Å². The number of hydrogen-bond donors (Lipinski definition) is 0. The van der Waals surface area contributed by atoms with E-state index in [1.54, 1.807) is 35.7 Å². The summed E-state index contributed by atoms with van der Waals surface area (Å²) >= 11 is 19.0. The largest absolute Gasteiger partial charge is 0.207 e. The number of fused-ring (bicyclic) bond motifs is 1. The topological polar surface area (TPSA) is 0 Å². The van der Waals surface area contributed by atoms with E-state index in [4.69, 9.17) is 0 Å². The van der Waals surface area contributed by atoms with Crippen molar-refractivity contribution in [1.29, 1.82) is 0 Å². The summed E-state index contributed by atoms with van der Waals surface area (Å²) in [5, 5.41) is 0. The molecule has 4 heterocycles. The van der Waals surface area contributed by atoms with Gasteiger partial charge in [0.15, 0.2) is 0 Å². The molecule has 29 heavy (non-hydrogen) atoms. The monoisotopic (exact) mass is 568 g/mol. The molecule has 0 atom stereocenters. The lowest BCUT2D eigenvalue weighted by atomic mass is 10.3. The van der Waals surface area contributed by atoms with Gasteiger partial charge in [0.25, 0.3) is 0 Å². The molecule has 0 spiro atoms. The molecular weight excluding hydrogens is 556 g/mol. The third-order valence-electron chi connectivity index (χ3n) is 3.64. The average Bonchev–Trinajstić information content (AvgIpc) is 3.43. The molecule has 4 aliphatic heterocycles. The van der Waals surface area contributed by atoms with Gasteiger partial charge >= 0.3 is 0 Å². The second kappa shape index (κ2) is 9.85. The Morgan fingerprint density at radius 3 is 1.59 bits per heavy atom. The quantitative estimate of drug-likeness (QED) is 0.342. The molecule has 0 nitrogen and oxygen atoms in total. The minimum Gasteiger partial charge on any atom is -0.207 e. The van der Waals surface area contributed by atoms with Gasteiger partial charge in [-0.15, -0.1) is 23.5 Å². The van der Waals surface area contributed by atoms with Crippen molar-refractivity contribution in [1.82, 2.24) is 0 Å². The molecule has 0 amide bonds. The molecule has 152 valence electrons. The van der Waals surface area contributed by atoms with Crippen molar-refractivity contribution in [2.24, 2.45) is 0 Å². The van der Waals surface area contributed by atoms with Crippen LogP contribution in [0, 0.1) is 5.82 Å². The number of hydrogen-bond acceptors (Lipinski definition) is 10.